The van der Waals surface area contributed by atoms with Gasteiger partial charge in [-0.2, -0.15) is 0 Å². The first-order chi connectivity index (χ1) is 18.8. The smallest absolute Gasteiger partial charge is 0.126 e. The number of nitrogens with zero attached hydrogens (tertiary/aromatic N) is 4. The third kappa shape index (κ3) is 3.98. The maximum Gasteiger partial charge on any atom is 0.203 e. The van der Waals surface area contributed by atoms with Gasteiger partial charge >= 0.3 is 0 Å². The highest BCUT2D eigenvalue weighted by molar-refractivity contribution is 5.97. The summed E-state index contributed by atoms with van der Waals surface area (Å²) in [4.78, 5) is 0. The first-order valence-corrected chi connectivity index (χ1v) is 12.6. The van der Waals surface area contributed by atoms with Crippen molar-refractivity contribution in [3.8, 4) is 45.0 Å². The molecule has 0 spiro atoms. The fourth-order valence-corrected chi connectivity index (χ4v) is 5.01. The average molecular weight is 487 g/mol. The number of aromatic nitrogens is 4. The Bertz CT molecular complexity index is 1740. The van der Waals surface area contributed by atoms with Gasteiger partial charge in [0.1, 0.15) is 0 Å². The van der Waals surface area contributed by atoms with E-state index in [9.17, 15) is 0 Å². The molecule has 38 heavy (non-hydrogen) atoms. The Morgan fingerprint density at radius 1 is 0.289 bits per heavy atom. The van der Waals surface area contributed by atoms with Crippen molar-refractivity contribution in [2.24, 2.45) is 0 Å². The van der Waals surface area contributed by atoms with E-state index in [1.54, 1.807) is 0 Å². The van der Waals surface area contributed by atoms with Gasteiger partial charge in [0.2, 0.25) is 11.6 Å². The summed E-state index contributed by atoms with van der Waals surface area (Å²) < 4.78 is 0. The predicted molar refractivity (Wildman–Crippen MR) is 154 cm³/mol. The molecule has 0 aliphatic carbocycles. The topological polar surface area (TPSA) is 51.6 Å². The van der Waals surface area contributed by atoms with Crippen LogP contribution < -0.4 is 0 Å². The Labute approximate surface area is 220 Å². The number of rotatable bonds is 4. The fourth-order valence-electron chi connectivity index (χ4n) is 5.01. The molecule has 7 rings (SSSR count). The van der Waals surface area contributed by atoms with Crippen molar-refractivity contribution in [3.63, 3.8) is 0 Å². The van der Waals surface area contributed by atoms with E-state index in [0.29, 0.717) is 11.6 Å². The molecule has 0 atom stereocenters. The van der Waals surface area contributed by atoms with E-state index >= 15 is 0 Å². The minimum Gasteiger partial charge on any atom is -0.126 e. The van der Waals surface area contributed by atoms with E-state index < -0.39 is 0 Å². The van der Waals surface area contributed by atoms with Crippen LogP contribution in [0.3, 0.4) is 0 Å². The molecule has 0 bridgehead atoms. The van der Waals surface area contributed by atoms with Crippen LogP contribution in [-0.2, 0) is 0 Å². The van der Waals surface area contributed by atoms with Gasteiger partial charge < -0.3 is 0 Å². The molecule has 6 aromatic carbocycles. The van der Waals surface area contributed by atoms with Gasteiger partial charge in [-0.15, -0.1) is 20.4 Å². The first-order valence-electron chi connectivity index (χ1n) is 12.6. The molecule has 4 heteroatoms. The highest BCUT2D eigenvalue weighted by atomic mass is 15.3. The number of benzene rings is 6. The number of fused-ring (bicyclic) bond motifs is 2. The molecule has 1 heterocycles. The van der Waals surface area contributed by atoms with Crippen LogP contribution in [0.25, 0.3) is 66.6 Å². The van der Waals surface area contributed by atoms with Gasteiger partial charge in [0.15, 0.2) is 0 Å². The molecule has 7 aromatic rings. The van der Waals surface area contributed by atoms with Crippen molar-refractivity contribution in [3.05, 3.63) is 133 Å². The maximum atomic E-state index is 4.38. The van der Waals surface area contributed by atoms with Crippen molar-refractivity contribution in [2.75, 3.05) is 0 Å². The number of hydrogen-bond donors (Lipinski definition) is 0. The van der Waals surface area contributed by atoms with Crippen LogP contribution in [0, 0.1) is 0 Å². The van der Waals surface area contributed by atoms with E-state index in [2.05, 4.69) is 130 Å². The molecule has 0 radical (unpaired) electrons. The quantitative estimate of drug-likeness (QED) is 0.251. The second-order valence-corrected chi connectivity index (χ2v) is 9.26. The number of hydrogen-bond acceptors (Lipinski definition) is 4. The second kappa shape index (κ2) is 9.34. The highest BCUT2D eigenvalue weighted by Gasteiger charge is 2.10. The van der Waals surface area contributed by atoms with Crippen molar-refractivity contribution in [1.29, 1.82) is 0 Å². The molecule has 178 valence electrons. The molecule has 0 saturated heterocycles. The summed E-state index contributed by atoms with van der Waals surface area (Å²) >= 11 is 0. The Morgan fingerprint density at radius 3 is 1.05 bits per heavy atom. The van der Waals surface area contributed by atoms with Gasteiger partial charge in [-0.25, -0.2) is 0 Å². The summed E-state index contributed by atoms with van der Waals surface area (Å²) in [7, 11) is 0. The monoisotopic (exact) mass is 486 g/mol. The Hall–Kier alpha value is -5.22. The van der Waals surface area contributed by atoms with Crippen LogP contribution in [0.5, 0.6) is 0 Å². The van der Waals surface area contributed by atoms with E-state index in [1.165, 1.54) is 32.7 Å². The Kier molecular flexibility index (Phi) is 5.41. The normalized spacial score (nSPS) is 11.2. The summed E-state index contributed by atoms with van der Waals surface area (Å²) in [6, 6.07) is 46.1. The zero-order chi connectivity index (χ0) is 25.3. The van der Waals surface area contributed by atoms with Gasteiger partial charge in [0.05, 0.1) is 0 Å². The summed E-state index contributed by atoms with van der Waals surface area (Å²) in [5.74, 6) is 1.01. The lowest BCUT2D eigenvalue weighted by Gasteiger charge is -2.08. The lowest BCUT2D eigenvalue weighted by Crippen LogP contribution is -1.99. The lowest BCUT2D eigenvalue weighted by molar-refractivity contribution is 0.876. The third-order valence-electron chi connectivity index (χ3n) is 6.97. The SMILES string of the molecule is c1ccc2c(-c3ccc(-c4nnc(-c5ccc(-c6cccc7ccccc67)cc5)nn4)cc3)cccc2c1. The molecule has 0 aliphatic rings. The van der Waals surface area contributed by atoms with Crippen LogP contribution >= 0.6 is 0 Å². The van der Waals surface area contributed by atoms with Gasteiger partial charge in [-0.3, -0.25) is 0 Å². The molecule has 1 aromatic heterocycles. The molecule has 0 N–H and O–H groups in total. The molecule has 0 aliphatic heterocycles. The van der Waals surface area contributed by atoms with Crippen molar-refractivity contribution in [1.82, 2.24) is 20.4 Å². The molecular formula is C34H22N4. The molecule has 0 fully saturated rings. The molecule has 0 unspecified atom stereocenters. The maximum absolute atomic E-state index is 4.38. The van der Waals surface area contributed by atoms with Gasteiger partial charge in [-0.1, -0.05) is 133 Å². The standard InChI is InChI=1S/C34H22N4/c1-3-11-29-23(7-1)9-5-13-31(29)25-15-19-27(20-16-25)33-35-37-34(38-36-33)28-21-17-26(18-22-28)32-14-6-10-24-8-2-4-12-30(24)32/h1-22H. The van der Waals surface area contributed by atoms with Crippen molar-refractivity contribution >= 4 is 21.5 Å². The molecule has 0 saturated carbocycles. The summed E-state index contributed by atoms with van der Waals surface area (Å²) in [6.07, 6.45) is 0. The molecular weight excluding hydrogens is 464 g/mol. The van der Waals surface area contributed by atoms with Gasteiger partial charge in [-0.05, 0) is 43.8 Å². The van der Waals surface area contributed by atoms with E-state index in [4.69, 9.17) is 0 Å². The van der Waals surface area contributed by atoms with Crippen LogP contribution in [-0.4, -0.2) is 20.4 Å². The van der Waals surface area contributed by atoms with E-state index in [-0.39, 0.29) is 0 Å². The zero-order valence-corrected chi connectivity index (χ0v) is 20.5. The van der Waals surface area contributed by atoms with Crippen LogP contribution in [0.2, 0.25) is 0 Å². The highest BCUT2D eigenvalue weighted by Crippen LogP contribution is 2.31. The summed E-state index contributed by atoms with van der Waals surface area (Å²) in [5.41, 5.74) is 6.46. The minimum absolute atomic E-state index is 0.505. The fraction of sp³-hybridized carbons (Fsp3) is 0. The van der Waals surface area contributed by atoms with Gasteiger partial charge in [0, 0.05) is 11.1 Å². The van der Waals surface area contributed by atoms with Crippen LogP contribution in [0.15, 0.2) is 133 Å². The second-order valence-electron chi connectivity index (χ2n) is 9.26. The van der Waals surface area contributed by atoms with E-state index in [1.807, 2.05) is 24.3 Å². The van der Waals surface area contributed by atoms with Crippen LogP contribution in [0.4, 0.5) is 0 Å². The van der Waals surface area contributed by atoms with Crippen molar-refractivity contribution in [2.45, 2.75) is 0 Å². The minimum atomic E-state index is 0.505. The van der Waals surface area contributed by atoms with Crippen molar-refractivity contribution < 1.29 is 0 Å². The summed E-state index contributed by atoms with van der Waals surface area (Å²) in [6.45, 7) is 0. The van der Waals surface area contributed by atoms with E-state index in [0.717, 1.165) is 22.3 Å². The third-order valence-corrected chi connectivity index (χ3v) is 6.97. The molecule has 4 nitrogen and oxygen atoms in total. The van der Waals surface area contributed by atoms with Gasteiger partial charge in [0.25, 0.3) is 0 Å². The largest absolute Gasteiger partial charge is 0.203 e. The first kappa shape index (κ1) is 22.0. The molecule has 0 amide bonds. The zero-order valence-electron chi connectivity index (χ0n) is 20.5. The summed E-state index contributed by atoms with van der Waals surface area (Å²) in [5, 5.41) is 22.4. The average Bonchev–Trinajstić information content (AvgIpc) is 3.01. The lowest BCUT2D eigenvalue weighted by atomic mass is 9.97. The predicted octanol–water partition coefficient (Wildman–Crippen LogP) is 8.24. The van der Waals surface area contributed by atoms with Crippen LogP contribution in [0.1, 0.15) is 0 Å². The Morgan fingerprint density at radius 2 is 0.632 bits per heavy atom. The Balaban J connectivity index is 1.14.